The minimum atomic E-state index is -0.264. The predicted molar refractivity (Wildman–Crippen MR) is 79.4 cm³/mol. The van der Waals surface area contributed by atoms with Gasteiger partial charge in [0.15, 0.2) is 0 Å². The highest BCUT2D eigenvalue weighted by molar-refractivity contribution is 9.10. The average Bonchev–Trinajstić information content (AvgIpc) is 2.39. The molecule has 0 bridgehead atoms. The van der Waals surface area contributed by atoms with Crippen LogP contribution in [0.4, 0.5) is 5.69 Å². The van der Waals surface area contributed by atoms with Gasteiger partial charge in [0, 0.05) is 15.2 Å². The zero-order valence-corrected chi connectivity index (χ0v) is 12.1. The largest absolute Gasteiger partial charge is 0.361 e. The molecule has 2 aromatic carbocycles. The molecule has 1 aliphatic heterocycles. The fourth-order valence-electron chi connectivity index (χ4n) is 2.08. The smallest absolute Gasteiger partial charge is 0.255 e. The Kier molecular flexibility index (Phi) is 3.21. The first-order valence-electron chi connectivity index (χ1n) is 5.76. The van der Waals surface area contributed by atoms with E-state index in [2.05, 4.69) is 26.6 Å². The van der Waals surface area contributed by atoms with Gasteiger partial charge in [0.05, 0.1) is 5.56 Å². The molecule has 0 aromatic heterocycles. The lowest BCUT2D eigenvalue weighted by atomic mass is 10.1. The summed E-state index contributed by atoms with van der Waals surface area (Å²) in [6.07, 6.45) is -0.264. The van der Waals surface area contributed by atoms with Crippen molar-refractivity contribution in [2.24, 2.45) is 0 Å². The van der Waals surface area contributed by atoms with E-state index in [9.17, 15) is 4.79 Å². The number of amides is 1. The van der Waals surface area contributed by atoms with Crippen LogP contribution in [0, 0.1) is 0 Å². The van der Waals surface area contributed by atoms with Crippen LogP contribution in [0.3, 0.4) is 0 Å². The van der Waals surface area contributed by atoms with Gasteiger partial charge in [0.1, 0.15) is 6.17 Å². The van der Waals surface area contributed by atoms with Gasteiger partial charge in [-0.25, -0.2) is 0 Å². The number of carbonyl (C=O) groups excluding carboxylic acids is 1. The molecule has 1 atom stereocenters. The molecule has 0 fully saturated rings. The number of benzene rings is 2. The molecule has 0 radical (unpaired) electrons. The van der Waals surface area contributed by atoms with Crippen LogP contribution < -0.4 is 10.6 Å². The first-order chi connectivity index (χ1) is 9.13. The summed E-state index contributed by atoms with van der Waals surface area (Å²) in [7, 11) is 0. The van der Waals surface area contributed by atoms with Gasteiger partial charge in [-0.05, 0) is 35.9 Å². The Hall–Kier alpha value is -1.52. The van der Waals surface area contributed by atoms with Crippen molar-refractivity contribution in [2.75, 3.05) is 5.32 Å². The molecular weight excluding hydrogens is 328 g/mol. The van der Waals surface area contributed by atoms with E-state index < -0.39 is 0 Å². The summed E-state index contributed by atoms with van der Waals surface area (Å²) in [4.78, 5) is 12.1. The van der Waals surface area contributed by atoms with Crippen molar-refractivity contribution in [3.63, 3.8) is 0 Å². The highest BCUT2D eigenvalue weighted by Gasteiger charge is 2.24. The number of hydrogen-bond donors (Lipinski definition) is 2. The molecule has 0 saturated carbocycles. The lowest BCUT2D eigenvalue weighted by Gasteiger charge is -2.28. The maximum atomic E-state index is 12.1. The number of anilines is 1. The molecule has 1 unspecified atom stereocenters. The third-order valence-corrected chi connectivity index (χ3v) is 3.71. The van der Waals surface area contributed by atoms with E-state index in [-0.39, 0.29) is 12.1 Å². The Labute approximate surface area is 124 Å². The van der Waals surface area contributed by atoms with Gasteiger partial charge < -0.3 is 10.6 Å². The molecule has 1 aliphatic rings. The van der Waals surface area contributed by atoms with Crippen molar-refractivity contribution in [3.05, 3.63) is 63.1 Å². The number of hydrogen-bond acceptors (Lipinski definition) is 2. The van der Waals surface area contributed by atoms with E-state index in [1.54, 1.807) is 12.1 Å². The SMILES string of the molecule is O=C1NC(c2cccc(Cl)c2)Nc2ccc(Br)cc21. The highest BCUT2D eigenvalue weighted by atomic mass is 79.9. The number of rotatable bonds is 1. The molecule has 0 spiro atoms. The van der Waals surface area contributed by atoms with Crippen LogP contribution in [0.15, 0.2) is 46.9 Å². The predicted octanol–water partition coefficient (Wildman–Crippen LogP) is 3.96. The second-order valence-corrected chi connectivity index (χ2v) is 5.65. The second-order valence-electron chi connectivity index (χ2n) is 4.30. The number of fused-ring (bicyclic) bond motifs is 1. The molecule has 0 saturated heterocycles. The first kappa shape index (κ1) is 12.5. The van der Waals surface area contributed by atoms with E-state index in [1.165, 1.54) is 0 Å². The quantitative estimate of drug-likeness (QED) is 0.827. The first-order valence-corrected chi connectivity index (χ1v) is 6.93. The Morgan fingerprint density at radius 2 is 1.95 bits per heavy atom. The van der Waals surface area contributed by atoms with Gasteiger partial charge in [-0.2, -0.15) is 0 Å². The molecular formula is C14H10BrClN2O. The molecule has 2 aromatic rings. The van der Waals surface area contributed by atoms with E-state index in [4.69, 9.17) is 11.6 Å². The molecule has 0 aliphatic carbocycles. The molecule has 3 rings (SSSR count). The number of halogens is 2. The van der Waals surface area contributed by atoms with Crippen molar-refractivity contribution in [1.29, 1.82) is 0 Å². The second kappa shape index (κ2) is 4.87. The summed E-state index contributed by atoms with van der Waals surface area (Å²) >= 11 is 9.34. The summed E-state index contributed by atoms with van der Waals surface area (Å²) in [5.41, 5.74) is 2.37. The lowest BCUT2D eigenvalue weighted by Crippen LogP contribution is -2.38. The summed E-state index contributed by atoms with van der Waals surface area (Å²) in [6.45, 7) is 0. The molecule has 1 amide bonds. The summed E-state index contributed by atoms with van der Waals surface area (Å²) in [5, 5.41) is 6.85. The van der Waals surface area contributed by atoms with Crippen LogP contribution in [-0.2, 0) is 0 Å². The monoisotopic (exact) mass is 336 g/mol. The number of carbonyl (C=O) groups is 1. The van der Waals surface area contributed by atoms with Crippen LogP contribution in [0.1, 0.15) is 22.1 Å². The Morgan fingerprint density at radius 1 is 1.11 bits per heavy atom. The van der Waals surface area contributed by atoms with Gasteiger partial charge in [-0.1, -0.05) is 39.7 Å². The lowest BCUT2D eigenvalue weighted by molar-refractivity contribution is 0.0935. The Morgan fingerprint density at radius 3 is 2.74 bits per heavy atom. The summed E-state index contributed by atoms with van der Waals surface area (Å²) in [5.74, 6) is -0.0972. The van der Waals surface area contributed by atoms with Gasteiger partial charge in [-0.15, -0.1) is 0 Å². The van der Waals surface area contributed by atoms with E-state index in [1.807, 2.05) is 30.3 Å². The van der Waals surface area contributed by atoms with E-state index in [0.29, 0.717) is 10.6 Å². The topological polar surface area (TPSA) is 41.1 Å². The Bertz CT molecular complexity index is 660. The molecule has 1 heterocycles. The molecule has 96 valence electrons. The average molecular weight is 338 g/mol. The van der Waals surface area contributed by atoms with Crippen LogP contribution in [0.2, 0.25) is 5.02 Å². The van der Waals surface area contributed by atoms with Gasteiger partial charge in [0.25, 0.3) is 5.91 Å². The van der Waals surface area contributed by atoms with Crippen molar-refractivity contribution in [3.8, 4) is 0 Å². The van der Waals surface area contributed by atoms with Crippen molar-refractivity contribution in [2.45, 2.75) is 6.17 Å². The van der Waals surface area contributed by atoms with Crippen molar-refractivity contribution in [1.82, 2.24) is 5.32 Å². The molecule has 2 N–H and O–H groups in total. The normalized spacial score (nSPS) is 17.4. The van der Waals surface area contributed by atoms with Crippen LogP contribution >= 0.6 is 27.5 Å². The highest BCUT2D eigenvalue weighted by Crippen LogP contribution is 2.29. The maximum absolute atomic E-state index is 12.1. The van der Waals surface area contributed by atoms with Crippen LogP contribution in [0.5, 0.6) is 0 Å². The number of nitrogens with one attached hydrogen (secondary N) is 2. The zero-order valence-electron chi connectivity index (χ0n) is 9.78. The standard InChI is InChI=1S/C14H10BrClN2O/c15-9-4-5-12-11(7-9)14(19)18-13(17-12)8-2-1-3-10(16)6-8/h1-7,13,17H,(H,18,19). The van der Waals surface area contributed by atoms with E-state index in [0.717, 1.165) is 15.7 Å². The van der Waals surface area contributed by atoms with E-state index >= 15 is 0 Å². The third-order valence-electron chi connectivity index (χ3n) is 2.98. The zero-order chi connectivity index (χ0) is 13.4. The minimum absolute atomic E-state index is 0.0972. The van der Waals surface area contributed by atoms with Gasteiger partial charge in [0.2, 0.25) is 0 Å². The summed E-state index contributed by atoms with van der Waals surface area (Å²) in [6, 6.07) is 13.0. The third kappa shape index (κ3) is 2.46. The Balaban J connectivity index is 1.97. The fourth-order valence-corrected chi connectivity index (χ4v) is 2.64. The van der Waals surface area contributed by atoms with Gasteiger partial charge >= 0.3 is 0 Å². The van der Waals surface area contributed by atoms with Crippen molar-refractivity contribution < 1.29 is 4.79 Å². The molecule has 19 heavy (non-hydrogen) atoms. The van der Waals surface area contributed by atoms with Crippen LogP contribution in [-0.4, -0.2) is 5.91 Å². The van der Waals surface area contributed by atoms with Crippen molar-refractivity contribution >= 4 is 39.1 Å². The molecule has 5 heteroatoms. The maximum Gasteiger partial charge on any atom is 0.255 e. The summed E-state index contributed by atoms with van der Waals surface area (Å²) < 4.78 is 0.879. The fraction of sp³-hybridized carbons (Fsp3) is 0.0714. The van der Waals surface area contributed by atoms with Crippen LogP contribution in [0.25, 0.3) is 0 Å². The molecule has 3 nitrogen and oxygen atoms in total. The van der Waals surface area contributed by atoms with Gasteiger partial charge in [-0.3, -0.25) is 4.79 Å². The minimum Gasteiger partial charge on any atom is -0.361 e.